The first-order chi connectivity index (χ1) is 17.9. The molecule has 2 fully saturated rings. The van der Waals surface area contributed by atoms with E-state index in [1.807, 2.05) is 6.92 Å². The minimum atomic E-state index is -0.307. The summed E-state index contributed by atoms with van der Waals surface area (Å²) >= 11 is 0. The maximum Gasteiger partial charge on any atom is 0.231 e. The highest BCUT2D eigenvalue weighted by Crippen LogP contribution is 2.34. The number of amides is 1. The topological polar surface area (TPSA) is 94.7 Å². The molecule has 2 aliphatic rings. The lowest BCUT2D eigenvalue weighted by Gasteiger charge is -2.39. The first-order valence-corrected chi connectivity index (χ1v) is 15.3. The van der Waals surface area contributed by atoms with Gasteiger partial charge in [-0.1, -0.05) is 47.5 Å². The molecule has 0 aromatic rings. The first-order valence-electron chi connectivity index (χ1n) is 15.3. The van der Waals surface area contributed by atoms with Crippen molar-refractivity contribution in [3.63, 3.8) is 0 Å². The van der Waals surface area contributed by atoms with Gasteiger partial charge in [-0.3, -0.25) is 4.79 Å². The molecule has 38 heavy (non-hydrogen) atoms. The second kappa shape index (κ2) is 15.7. The van der Waals surface area contributed by atoms with Crippen LogP contribution in [0, 0.1) is 17.3 Å². The Kier molecular flexibility index (Phi) is 13.7. The number of ether oxygens (including phenoxy) is 1. The molecule has 0 aliphatic carbocycles. The number of nitrogens with one attached hydrogen (secondary N) is 3. The van der Waals surface area contributed by atoms with Crippen LogP contribution in [0.1, 0.15) is 80.1 Å². The summed E-state index contributed by atoms with van der Waals surface area (Å²) in [6, 6.07) is 0.247. The molecular formula is C30H61N6O2+. The van der Waals surface area contributed by atoms with Crippen LogP contribution < -0.4 is 21.7 Å². The van der Waals surface area contributed by atoms with Gasteiger partial charge in [0.05, 0.1) is 18.2 Å². The molecule has 7 unspecified atom stereocenters. The van der Waals surface area contributed by atoms with Gasteiger partial charge in [-0.25, -0.2) is 4.58 Å². The molecule has 0 radical (unpaired) electrons. The van der Waals surface area contributed by atoms with E-state index >= 15 is 0 Å². The van der Waals surface area contributed by atoms with Crippen LogP contribution in [0.4, 0.5) is 0 Å². The molecule has 2 saturated heterocycles. The number of hydrogen-bond acceptors (Lipinski definition) is 6. The van der Waals surface area contributed by atoms with E-state index in [9.17, 15) is 4.79 Å². The lowest BCUT2D eigenvalue weighted by molar-refractivity contribution is -0.546. The highest BCUT2D eigenvalue weighted by molar-refractivity contribution is 5.80. The summed E-state index contributed by atoms with van der Waals surface area (Å²) in [6.45, 7) is 16.8. The Morgan fingerprint density at radius 2 is 1.87 bits per heavy atom. The molecule has 2 rings (SSSR count). The minimum Gasteiger partial charge on any atom is -0.371 e. The Hall–Kier alpha value is -1.06. The number of carbonyl (C=O) groups excluding carboxylic acids is 1. The van der Waals surface area contributed by atoms with E-state index in [0.29, 0.717) is 12.0 Å². The van der Waals surface area contributed by atoms with Crippen LogP contribution in [-0.2, 0) is 9.53 Å². The van der Waals surface area contributed by atoms with Crippen LogP contribution in [-0.4, -0.2) is 105 Å². The molecule has 0 spiro atoms. The van der Waals surface area contributed by atoms with Crippen LogP contribution in [0.5, 0.6) is 0 Å². The number of nitrogens with two attached hydrogens (primary N) is 1. The highest BCUT2D eigenvalue weighted by atomic mass is 16.5. The van der Waals surface area contributed by atoms with Gasteiger partial charge >= 0.3 is 0 Å². The minimum absolute atomic E-state index is 0.0149. The van der Waals surface area contributed by atoms with E-state index in [0.717, 1.165) is 64.7 Å². The van der Waals surface area contributed by atoms with E-state index in [4.69, 9.17) is 10.5 Å². The van der Waals surface area contributed by atoms with Crippen molar-refractivity contribution in [1.82, 2.24) is 20.9 Å². The summed E-state index contributed by atoms with van der Waals surface area (Å²) in [6.07, 6.45) is 8.62. The molecular weight excluding hydrogens is 476 g/mol. The Morgan fingerprint density at radius 3 is 2.39 bits per heavy atom. The predicted octanol–water partition coefficient (Wildman–Crippen LogP) is 2.45. The molecule has 8 heteroatoms. The van der Waals surface area contributed by atoms with Crippen LogP contribution in [0.25, 0.3) is 0 Å². The van der Waals surface area contributed by atoms with E-state index in [-0.39, 0.29) is 47.6 Å². The van der Waals surface area contributed by atoms with Gasteiger partial charge in [-0.05, 0) is 52.2 Å². The largest absolute Gasteiger partial charge is 0.371 e. The van der Waals surface area contributed by atoms with E-state index in [1.54, 1.807) is 0 Å². The van der Waals surface area contributed by atoms with Gasteiger partial charge in [0, 0.05) is 44.1 Å². The monoisotopic (exact) mass is 537 g/mol. The number of nitrogens with zero attached hydrogens (tertiary/aromatic N) is 2. The average molecular weight is 538 g/mol. The molecule has 0 bridgehead atoms. The summed E-state index contributed by atoms with van der Waals surface area (Å²) in [4.78, 5) is 16.2. The second-order valence-electron chi connectivity index (χ2n) is 13.1. The van der Waals surface area contributed by atoms with Crippen molar-refractivity contribution >= 4 is 12.1 Å². The smallest absolute Gasteiger partial charge is 0.231 e. The number of rotatable bonds is 14. The molecule has 0 aromatic heterocycles. The molecule has 2 heterocycles. The first kappa shape index (κ1) is 33.1. The third kappa shape index (κ3) is 10.2. The summed E-state index contributed by atoms with van der Waals surface area (Å²) in [5, 5.41) is 10.5. The van der Waals surface area contributed by atoms with Crippen molar-refractivity contribution in [2.45, 2.75) is 116 Å². The van der Waals surface area contributed by atoms with Gasteiger partial charge in [-0.15, -0.1) is 0 Å². The Bertz CT molecular complexity index is 728. The SMILES string of the molecule is CCC(C)(CC)CC(C(C(=O)NC1CNCCC1OC1CCC(CN(C)C)NC1)C(C)N)[N+](C)=CC(C)C. The van der Waals surface area contributed by atoms with Crippen molar-refractivity contribution in [2.24, 2.45) is 23.0 Å². The molecule has 8 nitrogen and oxygen atoms in total. The quantitative estimate of drug-likeness (QED) is 0.201. The lowest BCUT2D eigenvalue weighted by Crippen LogP contribution is -2.60. The van der Waals surface area contributed by atoms with Gasteiger partial charge in [0.2, 0.25) is 5.91 Å². The van der Waals surface area contributed by atoms with Gasteiger partial charge < -0.3 is 31.3 Å². The van der Waals surface area contributed by atoms with Crippen LogP contribution in [0.15, 0.2) is 0 Å². The Balaban J connectivity index is 2.15. The van der Waals surface area contributed by atoms with Gasteiger partial charge in [0.25, 0.3) is 0 Å². The fraction of sp³-hybridized carbons (Fsp3) is 0.933. The van der Waals surface area contributed by atoms with Crippen molar-refractivity contribution in [3.05, 3.63) is 0 Å². The highest BCUT2D eigenvalue weighted by Gasteiger charge is 2.43. The van der Waals surface area contributed by atoms with Crippen molar-refractivity contribution in [3.8, 4) is 0 Å². The van der Waals surface area contributed by atoms with Gasteiger partial charge in [0.15, 0.2) is 6.04 Å². The van der Waals surface area contributed by atoms with E-state index in [2.05, 4.69) is 87.4 Å². The maximum atomic E-state index is 14.0. The molecule has 222 valence electrons. The van der Waals surface area contributed by atoms with E-state index in [1.165, 1.54) is 0 Å². The third-order valence-electron chi connectivity index (χ3n) is 8.92. The zero-order valence-corrected chi connectivity index (χ0v) is 26.1. The fourth-order valence-electron chi connectivity index (χ4n) is 6.18. The zero-order valence-electron chi connectivity index (χ0n) is 26.1. The summed E-state index contributed by atoms with van der Waals surface area (Å²) in [5.74, 6) is 0.146. The van der Waals surface area contributed by atoms with Gasteiger partial charge in [0.1, 0.15) is 19.2 Å². The molecule has 2 aliphatic heterocycles. The van der Waals surface area contributed by atoms with Crippen molar-refractivity contribution in [1.29, 1.82) is 0 Å². The zero-order chi connectivity index (χ0) is 28.5. The normalized spacial score (nSPS) is 27.8. The number of hydrogen-bond donors (Lipinski definition) is 4. The van der Waals surface area contributed by atoms with Crippen LogP contribution >= 0.6 is 0 Å². The second-order valence-corrected chi connectivity index (χ2v) is 13.1. The molecule has 0 aromatic carbocycles. The average Bonchev–Trinajstić information content (AvgIpc) is 2.85. The standard InChI is InChI=1S/C30H60N6O2/c1-10-30(6,11-2)16-26(36(9)19-21(3)4)28(22(5)31)29(37)34-25-18-32-15-14-27(25)38-24-13-12-23(33-17-24)20-35(7)8/h19,21-28,32-33H,10-18,20,31H2,1-9H3/p+1. The third-order valence-corrected chi connectivity index (χ3v) is 8.92. The predicted molar refractivity (Wildman–Crippen MR) is 159 cm³/mol. The van der Waals surface area contributed by atoms with Crippen LogP contribution in [0.2, 0.25) is 0 Å². The van der Waals surface area contributed by atoms with Crippen molar-refractivity contribution in [2.75, 3.05) is 47.3 Å². The number of piperidine rings is 2. The number of carbonyl (C=O) groups is 1. The van der Waals surface area contributed by atoms with E-state index < -0.39 is 0 Å². The lowest BCUT2D eigenvalue weighted by atomic mass is 9.74. The molecule has 7 atom stereocenters. The fourth-order valence-corrected chi connectivity index (χ4v) is 6.18. The summed E-state index contributed by atoms with van der Waals surface area (Å²) in [5.41, 5.74) is 6.75. The molecule has 0 saturated carbocycles. The van der Waals surface area contributed by atoms with Gasteiger partial charge in [-0.2, -0.15) is 0 Å². The van der Waals surface area contributed by atoms with Crippen molar-refractivity contribution < 1.29 is 14.1 Å². The Labute approximate surface area is 233 Å². The summed E-state index contributed by atoms with van der Waals surface area (Å²) in [7, 11) is 6.36. The van der Waals surface area contributed by atoms with Crippen LogP contribution in [0.3, 0.4) is 0 Å². The maximum absolute atomic E-state index is 14.0. The molecule has 5 N–H and O–H groups in total. The molecule has 1 amide bonds. The number of likely N-dealkylation sites (N-methyl/N-ethyl adjacent to an activating group) is 1. The Morgan fingerprint density at radius 1 is 1.18 bits per heavy atom. The summed E-state index contributed by atoms with van der Waals surface area (Å²) < 4.78 is 8.91.